The summed E-state index contributed by atoms with van der Waals surface area (Å²) in [6.07, 6.45) is -4.25. The lowest BCUT2D eigenvalue weighted by Crippen LogP contribution is -2.34. The maximum atomic E-state index is 12.7. The molecule has 4 nitrogen and oxygen atoms in total. The number of benzene rings is 1. The molecule has 1 rings (SSSR count). The van der Waals surface area contributed by atoms with Gasteiger partial charge in [0, 0.05) is 6.07 Å². The molecule has 0 heterocycles. The van der Waals surface area contributed by atoms with Gasteiger partial charge >= 0.3 is 12.1 Å². The van der Waals surface area contributed by atoms with Crippen LogP contribution in [0.1, 0.15) is 6.92 Å². The Bertz CT molecular complexity index is 379. The van der Waals surface area contributed by atoms with Crippen molar-refractivity contribution in [2.75, 3.05) is 6.61 Å². The molecule has 0 aliphatic rings. The lowest BCUT2D eigenvalue weighted by atomic mass is 10.3. The van der Waals surface area contributed by atoms with Crippen molar-refractivity contribution in [3.63, 3.8) is 0 Å². The number of carbonyl (C=O) groups is 1. The Kier molecular flexibility index (Phi) is 3.65. The summed E-state index contributed by atoms with van der Waals surface area (Å²) in [5.74, 6) is -2.27. The van der Waals surface area contributed by atoms with E-state index in [1.54, 1.807) is 13.0 Å². The first-order valence-corrected chi connectivity index (χ1v) is 4.49. The third-order valence-corrected chi connectivity index (χ3v) is 1.61. The van der Waals surface area contributed by atoms with Crippen molar-refractivity contribution in [1.29, 1.82) is 0 Å². The molecule has 6 heteroatoms. The van der Waals surface area contributed by atoms with Crippen molar-refractivity contribution in [3.8, 4) is 11.5 Å². The predicted octanol–water partition coefficient (Wildman–Crippen LogP) is 2.14. The first-order chi connectivity index (χ1) is 7.45. The maximum Gasteiger partial charge on any atom is 0.501 e. The van der Waals surface area contributed by atoms with E-state index in [4.69, 9.17) is 9.84 Å². The zero-order chi connectivity index (χ0) is 12.2. The number of hydrogen-bond donors (Lipinski definition) is 1. The summed E-state index contributed by atoms with van der Waals surface area (Å²) in [5.41, 5.74) is 0. The van der Waals surface area contributed by atoms with Crippen molar-refractivity contribution < 1.29 is 28.2 Å². The average Bonchev–Trinajstić information content (AvgIpc) is 2.17. The van der Waals surface area contributed by atoms with Gasteiger partial charge < -0.3 is 14.6 Å². The molecule has 0 radical (unpaired) electrons. The first kappa shape index (κ1) is 12.2. The fourth-order valence-corrected chi connectivity index (χ4v) is 0.986. The molecule has 0 spiro atoms. The van der Waals surface area contributed by atoms with Crippen LogP contribution in [0.25, 0.3) is 0 Å². The van der Waals surface area contributed by atoms with Gasteiger partial charge in [-0.15, -0.1) is 0 Å². The molecule has 0 aromatic heterocycles. The molecule has 1 aromatic rings. The highest BCUT2D eigenvalue weighted by molar-refractivity contribution is 5.73. The SMILES string of the molecule is CCOc1cccc(OC(F)(F)C(=O)O)c1. The number of carboxylic acid groups (broad SMARTS) is 1. The second-order valence-corrected chi connectivity index (χ2v) is 2.83. The van der Waals surface area contributed by atoms with E-state index >= 15 is 0 Å². The predicted molar refractivity (Wildman–Crippen MR) is 50.8 cm³/mol. The van der Waals surface area contributed by atoms with Crippen LogP contribution in [0, 0.1) is 0 Å². The minimum Gasteiger partial charge on any atom is -0.494 e. The summed E-state index contributed by atoms with van der Waals surface area (Å²) in [4.78, 5) is 10.1. The molecule has 0 atom stereocenters. The summed E-state index contributed by atoms with van der Waals surface area (Å²) in [6, 6.07) is 5.40. The molecular formula is C10H10F2O4. The minimum atomic E-state index is -4.25. The Morgan fingerprint density at radius 3 is 2.62 bits per heavy atom. The van der Waals surface area contributed by atoms with Crippen molar-refractivity contribution in [1.82, 2.24) is 0 Å². The van der Waals surface area contributed by atoms with Gasteiger partial charge in [0.05, 0.1) is 6.61 Å². The van der Waals surface area contributed by atoms with Crippen molar-refractivity contribution in [2.24, 2.45) is 0 Å². The zero-order valence-electron chi connectivity index (χ0n) is 8.44. The van der Waals surface area contributed by atoms with Gasteiger partial charge in [-0.05, 0) is 19.1 Å². The Labute approximate surface area is 90.4 Å². The van der Waals surface area contributed by atoms with Crippen LogP contribution in [0.5, 0.6) is 11.5 Å². The summed E-state index contributed by atoms with van der Waals surface area (Å²) in [5, 5.41) is 8.17. The number of carboxylic acids is 1. The van der Waals surface area contributed by atoms with Crippen molar-refractivity contribution in [2.45, 2.75) is 13.0 Å². The van der Waals surface area contributed by atoms with Gasteiger partial charge in [-0.3, -0.25) is 0 Å². The highest BCUT2D eigenvalue weighted by Gasteiger charge is 2.42. The number of halogens is 2. The van der Waals surface area contributed by atoms with E-state index in [2.05, 4.69) is 4.74 Å². The van der Waals surface area contributed by atoms with E-state index in [0.29, 0.717) is 12.4 Å². The van der Waals surface area contributed by atoms with Crippen LogP contribution in [-0.2, 0) is 4.79 Å². The van der Waals surface area contributed by atoms with E-state index in [0.717, 1.165) is 0 Å². The van der Waals surface area contributed by atoms with Gasteiger partial charge in [-0.1, -0.05) is 6.07 Å². The van der Waals surface area contributed by atoms with Gasteiger partial charge in [0.15, 0.2) is 0 Å². The number of ether oxygens (including phenoxy) is 2. The van der Waals surface area contributed by atoms with E-state index < -0.39 is 12.1 Å². The smallest absolute Gasteiger partial charge is 0.494 e. The van der Waals surface area contributed by atoms with Gasteiger partial charge in [-0.2, -0.15) is 8.78 Å². The number of rotatable bonds is 5. The van der Waals surface area contributed by atoms with Crippen LogP contribution >= 0.6 is 0 Å². The summed E-state index contributed by atoms with van der Waals surface area (Å²) >= 11 is 0. The van der Waals surface area contributed by atoms with E-state index in [-0.39, 0.29) is 5.75 Å². The van der Waals surface area contributed by atoms with Gasteiger partial charge in [0.1, 0.15) is 11.5 Å². The van der Waals surface area contributed by atoms with E-state index in [9.17, 15) is 13.6 Å². The fourth-order valence-electron chi connectivity index (χ4n) is 0.986. The monoisotopic (exact) mass is 232 g/mol. The largest absolute Gasteiger partial charge is 0.501 e. The van der Waals surface area contributed by atoms with Gasteiger partial charge in [-0.25, -0.2) is 4.79 Å². The highest BCUT2D eigenvalue weighted by atomic mass is 19.3. The molecular weight excluding hydrogens is 222 g/mol. The van der Waals surface area contributed by atoms with Gasteiger partial charge in [0.2, 0.25) is 0 Å². The molecule has 1 N–H and O–H groups in total. The third kappa shape index (κ3) is 3.08. The van der Waals surface area contributed by atoms with Crippen LogP contribution in [-0.4, -0.2) is 23.8 Å². The molecule has 0 aliphatic heterocycles. The molecule has 0 unspecified atom stereocenters. The van der Waals surface area contributed by atoms with Crippen LogP contribution in [0.2, 0.25) is 0 Å². The standard InChI is InChI=1S/C10H10F2O4/c1-2-15-7-4-3-5-8(6-7)16-10(11,12)9(13)14/h3-6H,2H2,1H3,(H,13,14). The normalized spacial score (nSPS) is 10.9. The van der Waals surface area contributed by atoms with Crippen LogP contribution in [0.3, 0.4) is 0 Å². The fraction of sp³-hybridized carbons (Fsp3) is 0.300. The van der Waals surface area contributed by atoms with Crippen molar-refractivity contribution in [3.05, 3.63) is 24.3 Å². The Balaban J connectivity index is 2.81. The number of aliphatic carboxylic acids is 1. The molecule has 0 saturated heterocycles. The Hall–Kier alpha value is -1.85. The highest BCUT2D eigenvalue weighted by Crippen LogP contribution is 2.25. The molecule has 0 saturated carbocycles. The summed E-state index contributed by atoms with van der Waals surface area (Å²) in [7, 11) is 0. The topological polar surface area (TPSA) is 55.8 Å². The Morgan fingerprint density at radius 1 is 1.44 bits per heavy atom. The maximum absolute atomic E-state index is 12.7. The molecule has 0 fully saturated rings. The molecule has 0 aliphatic carbocycles. The molecule has 16 heavy (non-hydrogen) atoms. The van der Waals surface area contributed by atoms with Gasteiger partial charge in [0.25, 0.3) is 0 Å². The Morgan fingerprint density at radius 2 is 2.06 bits per heavy atom. The lowest BCUT2D eigenvalue weighted by molar-refractivity contribution is -0.210. The number of alkyl halides is 2. The third-order valence-electron chi connectivity index (χ3n) is 1.61. The average molecular weight is 232 g/mol. The van der Waals surface area contributed by atoms with Crippen LogP contribution in [0.15, 0.2) is 24.3 Å². The van der Waals surface area contributed by atoms with E-state index in [1.165, 1.54) is 18.2 Å². The van der Waals surface area contributed by atoms with Crippen LogP contribution < -0.4 is 9.47 Å². The van der Waals surface area contributed by atoms with Crippen LogP contribution in [0.4, 0.5) is 8.78 Å². The minimum absolute atomic E-state index is 0.265. The molecule has 88 valence electrons. The quantitative estimate of drug-likeness (QED) is 0.844. The number of hydrogen-bond acceptors (Lipinski definition) is 3. The summed E-state index contributed by atoms with van der Waals surface area (Å²) in [6.45, 7) is 2.11. The van der Waals surface area contributed by atoms with E-state index in [1.807, 2.05) is 0 Å². The molecule has 0 amide bonds. The zero-order valence-corrected chi connectivity index (χ0v) is 8.44. The molecule has 0 bridgehead atoms. The summed E-state index contributed by atoms with van der Waals surface area (Å²) < 4.78 is 34.5. The second-order valence-electron chi connectivity index (χ2n) is 2.83. The first-order valence-electron chi connectivity index (χ1n) is 4.49. The molecule has 1 aromatic carbocycles. The second kappa shape index (κ2) is 4.78. The van der Waals surface area contributed by atoms with Crippen molar-refractivity contribution >= 4 is 5.97 Å². The lowest BCUT2D eigenvalue weighted by Gasteiger charge is -2.13.